The smallest absolute Gasteiger partial charge is 0.272 e. The molecule has 1 N–H and O–H groups in total. The Kier molecular flexibility index (Phi) is 4.26. The number of H-pyrrole nitrogens is 1. The third-order valence-corrected chi connectivity index (χ3v) is 6.22. The molecule has 0 aromatic carbocycles. The maximum atomic E-state index is 12.7. The fourth-order valence-corrected chi connectivity index (χ4v) is 4.17. The molecule has 0 fully saturated rings. The third kappa shape index (κ3) is 2.92. The third-order valence-electron chi connectivity index (χ3n) is 5.34. The van der Waals surface area contributed by atoms with E-state index >= 15 is 0 Å². The molecule has 4 aromatic rings. The van der Waals surface area contributed by atoms with Crippen molar-refractivity contribution in [2.75, 3.05) is 0 Å². The van der Waals surface area contributed by atoms with Crippen LogP contribution in [0, 0.1) is 27.7 Å². The van der Waals surface area contributed by atoms with E-state index in [2.05, 4.69) is 31.0 Å². The zero-order valence-corrected chi connectivity index (χ0v) is 17.0. The molecule has 0 bridgehead atoms. The highest BCUT2D eigenvalue weighted by Gasteiger charge is 2.18. The van der Waals surface area contributed by atoms with E-state index in [9.17, 15) is 4.79 Å². The summed E-state index contributed by atoms with van der Waals surface area (Å²) in [5.74, 6) is 0.0830. The van der Waals surface area contributed by atoms with Crippen LogP contribution >= 0.6 is 11.3 Å². The SMILES string of the molecule is Cc1nn(CC(C)c2cc(=O)n3[nH]c(-c4cccs4)c(C)c3n2)c(C)c1C. The molecular weight excluding hydrogens is 358 g/mol. The summed E-state index contributed by atoms with van der Waals surface area (Å²) in [6, 6.07) is 5.68. The minimum Gasteiger partial charge on any atom is -0.288 e. The van der Waals surface area contributed by atoms with Crippen LogP contribution in [0.5, 0.6) is 0 Å². The number of aromatic amines is 1. The van der Waals surface area contributed by atoms with Crippen molar-refractivity contribution < 1.29 is 0 Å². The van der Waals surface area contributed by atoms with Gasteiger partial charge in [0.05, 0.1) is 22.0 Å². The lowest BCUT2D eigenvalue weighted by Crippen LogP contribution is -2.18. The molecule has 7 heteroatoms. The summed E-state index contributed by atoms with van der Waals surface area (Å²) >= 11 is 1.64. The van der Waals surface area contributed by atoms with Crippen LogP contribution in [0.15, 0.2) is 28.4 Å². The van der Waals surface area contributed by atoms with Crippen molar-refractivity contribution in [2.24, 2.45) is 0 Å². The number of hydrogen-bond donors (Lipinski definition) is 1. The van der Waals surface area contributed by atoms with Crippen LogP contribution in [0.1, 0.15) is 41.1 Å². The molecule has 0 saturated carbocycles. The fourth-order valence-electron chi connectivity index (χ4n) is 3.40. The second kappa shape index (κ2) is 6.49. The minimum absolute atomic E-state index is 0.0830. The molecule has 0 saturated heterocycles. The standard InChI is InChI=1S/C20H23N5OS/c1-11(10-24-15(5)12(2)14(4)22-24)16-9-18(26)25-20(21-16)13(3)19(23-25)17-7-6-8-27-17/h6-9,11,23H,10H2,1-5H3. The number of fused-ring (bicyclic) bond motifs is 1. The normalized spacial score (nSPS) is 12.8. The first-order valence-corrected chi connectivity index (χ1v) is 9.91. The molecule has 1 atom stereocenters. The second-order valence-corrected chi connectivity index (χ2v) is 8.09. The van der Waals surface area contributed by atoms with E-state index in [0.717, 1.165) is 33.2 Å². The Balaban J connectivity index is 1.75. The van der Waals surface area contributed by atoms with Gasteiger partial charge < -0.3 is 0 Å². The number of rotatable bonds is 4. The average Bonchev–Trinajstić information content (AvgIpc) is 3.33. The van der Waals surface area contributed by atoms with E-state index in [1.165, 1.54) is 10.1 Å². The number of hydrogen-bond acceptors (Lipinski definition) is 4. The first-order chi connectivity index (χ1) is 12.9. The molecule has 6 nitrogen and oxygen atoms in total. The van der Waals surface area contributed by atoms with Gasteiger partial charge in [0.2, 0.25) is 0 Å². The van der Waals surface area contributed by atoms with E-state index in [-0.39, 0.29) is 11.5 Å². The Morgan fingerprint density at radius 1 is 1.22 bits per heavy atom. The first kappa shape index (κ1) is 17.7. The van der Waals surface area contributed by atoms with Crippen LogP contribution < -0.4 is 5.56 Å². The van der Waals surface area contributed by atoms with Crippen molar-refractivity contribution in [1.29, 1.82) is 0 Å². The summed E-state index contributed by atoms with van der Waals surface area (Å²) in [4.78, 5) is 18.6. The molecular formula is C20H23N5OS. The molecule has 0 spiro atoms. The van der Waals surface area contributed by atoms with Crippen molar-refractivity contribution in [3.63, 3.8) is 0 Å². The molecule has 0 aliphatic carbocycles. The van der Waals surface area contributed by atoms with Gasteiger partial charge in [-0.3, -0.25) is 14.6 Å². The molecule has 1 unspecified atom stereocenters. The summed E-state index contributed by atoms with van der Waals surface area (Å²) in [6.07, 6.45) is 0. The Morgan fingerprint density at radius 2 is 2.00 bits per heavy atom. The fraction of sp³-hybridized carbons (Fsp3) is 0.350. The predicted octanol–water partition coefficient (Wildman–Crippen LogP) is 3.98. The van der Waals surface area contributed by atoms with Crippen molar-refractivity contribution in [3.8, 4) is 10.6 Å². The van der Waals surface area contributed by atoms with Crippen molar-refractivity contribution in [2.45, 2.75) is 47.1 Å². The molecule has 4 aromatic heterocycles. The van der Waals surface area contributed by atoms with Crippen LogP contribution in [0.4, 0.5) is 0 Å². The minimum atomic E-state index is -0.0858. The monoisotopic (exact) mass is 381 g/mol. The van der Waals surface area contributed by atoms with E-state index in [1.54, 1.807) is 17.4 Å². The van der Waals surface area contributed by atoms with Gasteiger partial charge in [0.15, 0.2) is 5.65 Å². The quantitative estimate of drug-likeness (QED) is 0.581. The molecule has 4 heterocycles. The van der Waals surface area contributed by atoms with Crippen LogP contribution in [0.2, 0.25) is 0 Å². The summed E-state index contributed by atoms with van der Waals surface area (Å²) in [7, 11) is 0. The van der Waals surface area contributed by atoms with E-state index in [0.29, 0.717) is 12.2 Å². The van der Waals surface area contributed by atoms with Gasteiger partial charge >= 0.3 is 0 Å². The first-order valence-electron chi connectivity index (χ1n) is 9.03. The Morgan fingerprint density at radius 3 is 2.63 bits per heavy atom. The lowest BCUT2D eigenvalue weighted by atomic mass is 10.1. The molecule has 0 aliphatic rings. The van der Waals surface area contributed by atoms with Gasteiger partial charge in [-0.05, 0) is 44.7 Å². The van der Waals surface area contributed by atoms with Gasteiger partial charge in [0, 0.05) is 29.8 Å². The Labute approximate surface area is 161 Å². The van der Waals surface area contributed by atoms with Crippen LogP contribution in [0.3, 0.4) is 0 Å². The number of nitrogens with one attached hydrogen (secondary N) is 1. The second-order valence-electron chi connectivity index (χ2n) is 7.15. The van der Waals surface area contributed by atoms with E-state index in [1.807, 2.05) is 36.0 Å². The Hall–Kier alpha value is -2.67. The highest BCUT2D eigenvalue weighted by atomic mass is 32.1. The molecule has 0 radical (unpaired) electrons. The molecule has 140 valence electrons. The van der Waals surface area contributed by atoms with E-state index in [4.69, 9.17) is 4.98 Å². The van der Waals surface area contributed by atoms with Gasteiger partial charge in [-0.15, -0.1) is 11.3 Å². The molecule has 0 amide bonds. The maximum absolute atomic E-state index is 12.7. The Bertz CT molecular complexity index is 1180. The lowest BCUT2D eigenvalue weighted by Gasteiger charge is -2.13. The van der Waals surface area contributed by atoms with Gasteiger partial charge in [0.1, 0.15) is 0 Å². The number of aromatic nitrogens is 5. The maximum Gasteiger partial charge on any atom is 0.272 e. The van der Waals surface area contributed by atoms with Crippen LogP contribution in [-0.4, -0.2) is 24.4 Å². The van der Waals surface area contributed by atoms with Crippen LogP contribution in [-0.2, 0) is 6.54 Å². The lowest BCUT2D eigenvalue weighted by molar-refractivity contribution is 0.520. The summed E-state index contributed by atoms with van der Waals surface area (Å²) < 4.78 is 3.55. The number of aryl methyl sites for hydroxylation is 2. The predicted molar refractivity (Wildman–Crippen MR) is 109 cm³/mol. The van der Waals surface area contributed by atoms with Gasteiger partial charge in [-0.25, -0.2) is 9.50 Å². The topological polar surface area (TPSA) is 68.0 Å². The highest BCUT2D eigenvalue weighted by molar-refractivity contribution is 7.13. The summed E-state index contributed by atoms with van der Waals surface area (Å²) in [5, 5.41) is 9.85. The van der Waals surface area contributed by atoms with Gasteiger partial charge in [-0.2, -0.15) is 5.10 Å². The highest BCUT2D eigenvalue weighted by Crippen LogP contribution is 2.28. The number of thiophene rings is 1. The zero-order valence-electron chi connectivity index (χ0n) is 16.2. The average molecular weight is 382 g/mol. The summed E-state index contributed by atoms with van der Waals surface area (Å²) in [6.45, 7) is 11.0. The zero-order chi connectivity index (χ0) is 19.3. The molecule has 27 heavy (non-hydrogen) atoms. The molecule has 0 aliphatic heterocycles. The molecule has 4 rings (SSSR count). The van der Waals surface area contributed by atoms with E-state index < -0.39 is 0 Å². The van der Waals surface area contributed by atoms with Crippen molar-refractivity contribution in [3.05, 3.63) is 62.1 Å². The van der Waals surface area contributed by atoms with Gasteiger partial charge in [-0.1, -0.05) is 13.0 Å². The number of nitrogens with zero attached hydrogens (tertiary/aromatic N) is 4. The largest absolute Gasteiger partial charge is 0.288 e. The van der Waals surface area contributed by atoms with Crippen LogP contribution in [0.25, 0.3) is 16.2 Å². The van der Waals surface area contributed by atoms with Crippen molar-refractivity contribution in [1.82, 2.24) is 24.4 Å². The summed E-state index contributed by atoms with van der Waals surface area (Å²) in [5.41, 5.74) is 6.77. The van der Waals surface area contributed by atoms with Crippen molar-refractivity contribution >= 4 is 17.0 Å². The van der Waals surface area contributed by atoms with Gasteiger partial charge in [0.25, 0.3) is 5.56 Å².